The molecule has 1 amide bonds. The predicted octanol–water partition coefficient (Wildman–Crippen LogP) is 0.0126. The molecule has 1 saturated heterocycles. The van der Waals surface area contributed by atoms with Crippen LogP contribution in [0.2, 0.25) is 0 Å². The fourth-order valence-corrected chi connectivity index (χ4v) is 1.26. The van der Waals surface area contributed by atoms with E-state index in [4.69, 9.17) is 7.98 Å². The lowest BCUT2D eigenvalue weighted by molar-refractivity contribution is -0.132. The molecule has 66 valence electrons. The van der Waals surface area contributed by atoms with Crippen LogP contribution >= 0.6 is 0 Å². The molecule has 1 rings (SSSR count). The topological polar surface area (TPSA) is 23.6 Å². The smallest absolute Gasteiger partial charge is 0.230 e. The van der Waals surface area contributed by atoms with Crippen LogP contribution in [0.5, 0.6) is 0 Å². The minimum absolute atomic E-state index is 0.0103. The summed E-state index contributed by atoms with van der Waals surface area (Å²) < 4.78 is 0. The molecule has 1 aliphatic heterocycles. The van der Waals surface area contributed by atoms with Crippen molar-refractivity contribution in [3.05, 3.63) is 0 Å². The van der Waals surface area contributed by atoms with Crippen LogP contribution in [-0.2, 0) is 4.79 Å². The molecule has 0 saturated carbocycles. The molecule has 0 aromatic heterocycles. The van der Waals surface area contributed by atoms with Gasteiger partial charge in [0.1, 0.15) is 0 Å². The van der Waals surface area contributed by atoms with Crippen molar-refractivity contribution in [3.8, 4) is 0 Å². The fraction of sp³-hybridized carbons (Fsp3) is 0.875. The Morgan fingerprint density at radius 1 is 1.33 bits per heavy atom. The molecule has 0 aliphatic carbocycles. The minimum Gasteiger partial charge on any atom is -0.394 e. The first kappa shape index (κ1) is 9.58. The first-order chi connectivity index (χ1) is 5.41. The second kappa shape index (κ2) is 3.09. The average molecular weight is 166 g/mol. The SMILES string of the molecule is [B]N1CCN(C(C)(C)C)CC1=O. The maximum Gasteiger partial charge on any atom is 0.230 e. The van der Waals surface area contributed by atoms with Gasteiger partial charge in [-0.25, -0.2) is 0 Å². The number of piperazine rings is 1. The molecule has 1 heterocycles. The van der Waals surface area contributed by atoms with Gasteiger partial charge in [0.15, 0.2) is 0 Å². The van der Waals surface area contributed by atoms with Crippen molar-refractivity contribution in [2.75, 3.05) is 19.6 Å². The summed E-state index contributed by atoms with van der Waals surface area (Å²) in [5.41, 5.74) is 0.0664. The van der Waals surface area contributed by atoms with Crippen LogP contribution in [0.4, 0.5) is 0 Å². The van der Waals surface area contributed by atoms with Crippen LogP contribution < -0.4 is 0 Å². The lowest BCUT2D eigenvalue weighted by Crippen LogP contribution is -2.55. The molecule has 0 atom stereocenters. The maximum atomic E-state index is 11.2. The molecule has 4 heteroatoms. The lowest BCUT2D eigenvalue weighted by atomic mass is 10.0. The van der Waals surface area contributed by atoms with Gasteiger partial charge in [-0.15, -0.1) is 0 Å². The number of hydrogen-bond acceptors (Lipinski definition) is 2. The van der Waals surface area contributed by atoms with Crippen molar-refractivity contribution < 1.29 is 4.79 Å². The Morgan fingerprint density at radius 2 is 1.92 bits per heavy atom. The van der Waals surface area contributed by atoms with Crippen molar-refractivity contribution in [1.29, 1.82) is 0 Å². The van der Waals surface area contributed by atoms with Crippen LogP contribution in [-0.4, -0.2) is 48.8 Å². The first-order valence-electron chi connectivity index (χ1n) is 4.21. The Balaban J connectivity index is 2.57. The summed E-state index contributed by atoms with van der Waals surface area (Å²) in [4.78, 5) is 14.6. The Hall–Kier alpha value is -0.505. The van der Waals surface area contributed by atoms with E-state index < -0.39 is 0 Å². The monoisotopic (exact) mass is 166 g/mol. The van der Waals surface area contributed by atoms with Gasteiger partial charge in [0.2, 0.25) is 13.9 Å². The molecule has 0 unspecified atom stereocenters. The van der Waals surface area contributed by atoms with E-state index in [0.717, 1.165) is 6.54 Å². The van der Waals surface area contributed by atoms with E-state index in [0.29, 0.717) is 13.1 Å². The molecule has 12 heavy (non-hydrogen) atoms. The summed E-state index contributed by atoms with van der Waals surface area (Å²) in [6.45, 7) is 8.26. The molecule has 0 aromatic carbocycles. The summed E-state index contributed by atoms with van der Waals surface area (Å²) in [5, 5.41) is 0. The highest BCUT2D eigenvalue weighted by Crippen LogP contribution is 2.15. The van der Waals surface area contributed by atoms with Gasteiger partial charge in [0.05, 0.1) is 6.54 Å². The highest BCUT2D eigenvalue weighted by atomic mass is 16.2. The lowest BCUT2D eigenvalue weighted by Gasteiger charge is -2.40. The fourth-order valence-electron chi connectivity index (χ4n) is 1.26. The summed E-state index contributed by atoms with van der Waals surface area (Å²) in [6.07, 6.45) is 0. The van der Waals surface area contributed by atoms with Crippen molar-refractivity contribution in [3.63, 3.8) is 0 Å². The molecule has 1 fully saturated rings. The highest BCUT2D eigenvalue weighted by molar-refractivity contribution is 6.14. The highest BCUT2D eigenvalue weighted by Gasteiger charge is 2.28. The van der Waals surface area contributed by atoms with Crippen molar-refractivity contribution in [2.45, 2.75) is 26.3 Å². The summed E-state index contributed by atoms with van der Waals surface area (Å²) in [7, 11) is 5.44. The van der Waals surface area contributed by atoms with Crippen molar-refractivity contribution in [2.24, 2.45) is 0 Å². The van der Waals surface area contributed by atoms with E-state index in [1.165, 1.54) is 4.81 Å². The third-order valence-corrected chi connectivity index (χ3v) is 2.21. The molecule has 0 aromatic rings. The molecular formula is C8H15BN2O. The standard InChI is InChI=1S/C8H15BN2O/c1-8(2,3)10-4-5-11(9)7(12)6-10/h4-6H2,1-3H3. The van der Waals surface area contributed by atoms with E-state index in [1.54, 1.807) is 0 Å². The summed E-state index contributed by atoms with van der Waals surface area (Å²) >= 11 is 0. The largest absolute Gasteiger partial charge is 0.394 e. The normalized spacial score (nSPS) is 21.6. The average Bonchev–Trinajstić information content (AvgIpc) is 1.92. The zero-order chi connectivity index (χ0) is 9.35. The Kier molecular flexibility index (Phi) is 2.47. The van der Waals surface area contributed by atoms with Gasteiger partial charge in [-0.1, -0.05) is 0 Å². The third-order valence-electron chi connectivity index (χ3n) is 2.21. The van der Waals surface area contributed by atoms with Crippen molar-refractivity contribution >= 4 is 13.9 Å². The van der Waals surface area contributed by atoms with E-state index in [2.05, 4.69) is 25.7 Å². The van der Waals surface area contributed by atoms with Gasteiger partial charge in [-0.3, -0.25) is 9.69 Å². The molecule has 0 N–H and O–H groups in total. The Labute approximate surface area is 75.1 Å². The summed E-state index contributed by atoms with van der Waals surface area (Å²) in [6, 6.07) is 0. The van der Waals surface area contributed by atoms with Gasteiger partial charge in [-0.2, -0.15) is 0 Å². The number of rotatable bonds is 0. The molecular weight excluding hydrogens is 151 g/mol. The van der Waals surface area contributed by atoms with Gasteiger partial charge >= 0.3 is 0 Å². The third kappa shape index (κ3) is 2.00. The first-order valence-corrected chi connectivity index (χ1v) is 4.21. The summed E-state index contributed by atoms with van der Waals surface area (Å²) in [5.74, 6) is 0.0103. The minimum atomic E-state index is 0.0103. The second-order valence-corrected chi connectivity index (χ2v) is 4.18. The maximum absolute atomic E-state index is 11.2. The number of carbonyl (C=O) groups excluding carboxylic acids is 1. The van der Waals surface area contributed by atoms with E-state index >= 15 is 0 Å². The Bertz CT molecular complexity index is 188. The van der Waals surface area contributed by atoms with Crippen LogP contribution in [0.15, 0.2) is 0 Å². The van der Waals surface area contributed by atoms with Crippen molar-refractivity contribution in [1.82, 2.24) is 9.71 Å². The van der Waals surface area contributed by atoms with Crippen LogP contribution in [0.1, 0.15) is 20.8 Å². The van der Waals surface area contributed by atoms with E-state index in [-0.39, 0.29) is 11.4 Å². The predicted molar refractivity (Wildman–Crippen MR) is 48.8 cm³/mol. The molecule has 0 bridgehead atoms. The zero-order valence-corrected chi connectivity index (χ0v) is 8.00. The van der Waals surface area contributed by atoms with E-state index in [1.807, 2.05) is 0 Å². The van der Waals surface area contributed by atoms with Gasteiger partial charge < -0.3 is 4.81 Å². The van der Waals surface area contributed by atoms with E-state index in [9.17, 15) is 4.79 Å². The number of hydrogen-bond donors (Lipinski definition) is 0. The molecule has 0 spiro atoms. The zero-order valence-electron chi connectivity index (χ0n) is 8.00. The van der Waals surface area contributed by atoms with Crippen LogP contribution in [0.25, 0.3) is 0 Å². The van der Waals surface area contributed by atoms with Gasteiger partial charge in [-0.05, 0) is 20.8 Å². The second-order valence-electron chi connectivity index (χ2n) is 4.18. The van der Waals surface area contributed by atoms with Gasteiger partial charge in [0.25, 0.3) is 0 Å². The molecule has 1 aliphatic rings. The molecule has 3 nitrogen and oxygen atoms in total. The quantitative estimate of drug-likeness (QED) is 0.473. The molecule has 2 radical (unpaired) electrons. The number of carbonyl (C=O) groups is 1. The number of nitrogens with zero attached hydrogens (tertiary/aromatic N) is 2. The van der Waals surface area contributed by atoms with Crippen LogP contribution in [0.3, 0.4) is 0 Å². The Morgan fingerprint density at radius 3 is 2.33 bits per heavy atom. The van der Waals surface area contributed by atoms with Crippen LogP contribution in [0, 0.1) is 0 Å². The van der Waals surface area contributed by atoms with Gasteiger partial charge in [0, 0.05) is 18.6 Å². The number of amides is 1.